The number of para-hydroxylation sites is 1. The molecule has 65 heavy (non-hydrogen) atoms. The molecule has 0 saturated heterocycles. The summed E-state index contributed by atoms with van der Waals surface area (Å²) in [5, 5.41) is 47.5. The first-order valence-electron chi connectivity index (χ1n) is 20.5. The van der Waals surface area contributed by atoms with Gasteiger partial charge in [-0.25, -0.2) is 4.79 Å². The summed E-state index contributed by atoms with van der Waals surface area (Å²) in [7, 11) is 0. The molecule has 25 nitrogen and oxygen atoms in total. The number of guanidine groups is 1. The first-order chi connectivity index (χ1) is 30.7. The van der Waals surface area contributed by atoms with E-state index in [2.05, 4.69) is 42.2 Å². The van der Waals surface area contributed by atoms with E-state index in [0.717, 1.165) is 12.1 Å². The third-order valence-electron chi connectivity index (χ3n) is 9.31. The van der Waals surface area contributed by atoms with Crippen LogP contribution in [0, 0.1) is 16.0 Å². The fourth-order valence-corrected chi connectivity index (χ4v) is 6.04. The van der Waals surface area contributed by atoms with Gasteiger partial charge in [-0.2, -0.15) is 0 Å². The number of nitro groups is 1. The second-order valence-electron chi connectivity index (χ2n) is 15.1. The zero-order valence-corrected chi connectivity index (χ0v) is 36.1. The van der Waals surface area contributed by atoms with Crippen LogP contribution in [0.2, 0.25) is 0 Å². The summed E-state index contributed by atoms with van der Waals surface area (Å²) in [5.41, 5.74) is 22.2. The molecule has 2 aromatic carbocycles. The third kappa shape index (κ3) is 20.0. The standard InChI is InChI=1S/C40H59N13O12/c1-22(2)16-28(49-34(57)21-47-35(58)24-8-3-4-9-25(24)42)38(61)52-27(10-5-6-14-41)37(60)51-26(11-7-15-45-40(43)44)36(59)48-19-32(55)46-20-33(56)50-29(39(62)63)17-23-12-13-31(54)30(18-23)53(64)65/h3-4,8-9,12-13,18,22,26-29,54H,5-7,10-11,14-17,19-21,41-42H2,1-2H3,(H,46,55)(H,47,58)(H,48,59)(H,49,57)(H,50,56)(H,51,60)(H,52,61)(H,62,63)(H4,43,44,45). The summed E-state index contributed by atoms with van der Waals surface area (Å²) in [4.78, 5) is 118. The van der Waals surface area contributed by atoms with Crippen LogP contribution in [0.4, 0.5) is 11.4 Å². The molecule has 2 rings (SSSR count). The number of aliphatic imine (C=N–C) groups is 1. The molecule has 356 valence electrons. The highest BCUT2D eigenvalue weighted by molar-refractivity contribution is 6.01. The van der Waals surface area contributed by atoms with Gasteiger partial charge < -0.3 is 70.4 Å². The number of carbonyl (C=O) groups is 8. The second-order valence-corrected chi connectivity index (χ2v) is 15.1. The molecule has 4 atom stereocenters. The van der Waals surface area contributed by atoms with E-state index < -0.39 is 114 Å². The number of benzene rings is 2. The van der Waals surface area contributed by atoms with Gasteiger partial charge in [0.05, 0.1) is 30.1 Å². The zero-order valence-electron chi connectivity index (χ0n) is 36.1. The summed E-state index contributed by atoms with van der Waals surface area (Å²) < 4.78 is 0. The van der Waals surface area contributed by atoms with Crippen molar-refractivity contribution in [1.29, 1.82) is 0 Å². The van der Waals surface area contributed by atoms with Crippen molar-refractivity contribution in [2.75, 3.05) is 38.5 Å². The number of amides is 7. The number of nitrogens with one attached hydrogen (secondary N) is 7. The lowest BCUT2D eigenvalue weighted by atomic mass is 10.0. The smallest absolute Gasteiger partial charge is 0.326 e. The minimum Gasteiger partial charge on any atom is -0.502 e. The molecular formula is C40H59N13O12. The molecule has 25 heteroatoms. The summed E-state index contributed by atoms with van der Waals surface area (Å²) >= 11 is 0. The van der Waals surface area contributed by atoms with Gasteiger partial charge in [-0.05, 0) is 74.8 Å². The van der Waals surface area contributed by atoms with Gasteiger partial charge in [0.2, 0.25) is 35.4 Å². The Labute approximate surface area is 373 Å². The van der Waals surface area contributed by atoms with Crippen molar-refractivity contribution in [3.63, 3.8) is 0 Å². The van der Waals surface area contributed by atoms with E-state index in [1.54, 1.807) is 12.1 Å². The van der Waals surface area contributed by atoms with Crippen LogP contribution in [-0.4, -0.2) is 125 Å². The lowest BCUT2D eigenvalue weighted by Gasteiger charge is -2.26. The molecule has 2 aromatic rings. The van der Waals surface area contributed by atoms with Crippen molar-refractivity contribution >= 4 is 64.7 Å². The fraction of sp³-hybridized carbons (Fsp3) is 0.475. The van der Waals surface area contributed by atoms with Crippen molar-refractivity contribution in [3.05, 3.63) is 63.7 Å². The summed E-state index contributed by atoms with van der Waals surface area (Å²) in [6.45, 7) is 2.05. The number of aliphatic carboxylic acids is 1. The topological polar surface area (TPSA) is 421 Å². The van der Waals surface area contributed by atoms with E-state index >= 15 is 0 Å². The van der Waals surface area contributed by atoms with Crippen LogP contribution in [0.25, 0.3) is 0 Å². The van der Waals surface area contributed by atoms with Crippen molar-refractivity contribution in [1.82, 2.24) is 37.2 Å². The van der Waals surface area contributed by atoms with Crippen LogP contribution >= 0.6 is 0 Å². The summed E-state index contributed by atoms with van der Waals surface area (Å²) in [6, 6.07) is 4.23. The predicted octanol–water partition coefficient (Wildman–Crippen LogP) is -2.66. The van der Waals surface area contributed by atoms with E-state index in [-0.39, 0.29) is 67.5 Å². The number of nitro benzene ring substituents is 1. The number of nitrogens with two attached hydrogens (primary N) is 4. The van der Waals surface area contributed by atoms with Crippen LogP contribution in [0.15, 0.2) is 47.5 Å². The van der Waals surface area contributed by atoms with Crippen molar-refractivity contribution < 1.29 is 53.5 Å². The van der Waals surface area contributed by atoms with Gasteiger partial charge in [-0.15, -0.1) is 0 Å². The molecule has 17 N–H and O–H groups in total. The number of phenols is 1. The molecule has 0 saturated carbocycles. The van der Waals surface area contributed by atoms with Crippen LogP contribution in [0.1, 0.15) is 68.3 Å². The molecular weight excluding hydrogens is 855 g/mol. The molecule has 0 aliphatic rings. The van der Waals surface area contributed by atoms with E-state index in [9.17, 15) is 58.7 Å². The molecule has 0 spiro atoms. The first kappa shape index (κ1) is 53.6. The van der Waals surface area contributed by atoms with Crippen molar-refractivity contribution in [3.8, 4) is 5.75 Å². The highest BCUT2D eigenvalue weighted by Crippen LogP contribution is 2.26. The van der Waals surface area contributed by atoms with E-state index in [0.29, 0.717) is 12.8 Å². The molecule has 0 heterocycles. The van der Waals surface area contributed by atoms with E-state index in [1.165, 1.54) is 18.2 Å². The Morgan fingerprint density at radius 3 is 1.92 bits per heavy atom. The first-order valence-corrected chi connectivity index (χ1v) is 20.5. The number of rotatable bonds is 28. The number of anilines is 1. The molecule has 4 unspecified atom stereocenters. The monoisotopic (exact) mass is 913 g/mol. The molecule has 0 bridgehead atoms. The van der Waals surface area contributed by atoms with Gasteiger partial charge in [-0.3, -0.25) is 48.7 Å². The maximum Gasteiger partial charge on any atom is 0.326 e. The highest BCUT2D eigenvalue weighted by atomic mass is 16.6. The zero-order chi connectivity index (χ0) is 48.6. The molecule has 0 aliphatic carbocycles. The number of unbranched alkanes of at least 4 members (excludes halogenated alkanes) is 1. The quantitative estimate of drug-likeness (QED) is 0.0103. The lowest BCUT2D eigenvalue weighted by Crippen LogP contribution is -2.57. The average molecular weight is 914 g/mol. The minimum atomic E-state index is -1.57. The molecule has 0 fully saturated rings. The Morgan fingerprint density at radius 2 is 1.32 bits per heavy atom. The SMILES string of the molecule is CC(C)CC(NC(=O)CNC(=O)c1ccccc1N)C(=O)NC(CCCCN)C(=O)NC(CCCN=C(N)N)C(=O)NCC(=O)NCC(=O)NC(Cc1ccc(O)c([N+](=O)[O-])c1)C(=O)O. The normalized spacial score (nSPS) is 12.6. The number of carbonyl (C=O) groups excluding carboxylic acids is 7. The van der Waals surface area contributed by atoms with Gasteiger partial charge in [0.15, 0.2) is 11.7 Å². The Morgan fingerprint density at radius 1 is 0.738 bits per heavy atom. The van der Waals surface area contributed by atoms with Crippen molar-refractivity contribution in [2.24, 2.45) is 28.1 Å². The fourth-order valence-electron chi connectivity index (χ4n) is 6.04. The summed E-state index contributed by atoms with van der Waals surface area (Å²) in [5.74, 6) is -7.91. The third-order valence-corrected chi connectivity index (χ3v) is 9.31. The highest BCUT2D eigenvalue weighted by Gasteiger charge is 2.30. The summed E-state index contributed by atoms with van der Waals surface area (Å²) in [6.07, 6.45) is 0.818. The van der Waals surface area contributed by atoms with Crippen LogP contribution in [-0.2, 0) is 40.0 Å². The Kier molecular flexibility index (Phi) is 22.6. The Bertz CT molecular complexity index is 2040. The number of phenolic OH excluding ortho intramolecular Hbond substituents is 1. The maximum absolute atomic E-state index is 13.8. The molecule has 0 radical (unpaired) electrons. The van der Waals surface area contributed by atoms with Gasteiger partial charge in [0.1, 0.15) is 24.2 Å². The van der Waals surface area contributed by atoms with Crippen LogP contribution < -0.4 is 60.2 Å². The molecule has 0 aromatic heterocycles. The van der Waals surface area contributed by atoms with Gasteiger partial charge in [0, 0.05) is 24.7 Å². The molecule has 7 amide bonds. The Balaban J connectivity index is 2.11. The number of aromatic hydroxyl groups is 1. The predicted molar refractivity (Wildman–Crippen MR) is 235 cm³/mol. The van der Waals surface area contributed by atoms with Crippen LogP contribution in [0.3, 0.4) is 0 Å². The number of nitrogens with zero attached hydrogens (tertiary/aromatic N) is 2. The number of carboxylic acids is 1. The van der Waals surface area contributed by atoms with Crippen molar-refractivity contribution in [2.45, 2.75) is 83.0 Å². The van der Waals surface area contributed by atoms with Gasteiger partial charge >= 0.3 is 11.7 Å². The number of nitrogen functional groups attached to an aromatic ring is 1. The number of hydrogen-bond acceptors (Lipinski definition) is 14. The lowest BCUT2D eigenvalue weighted by molar-refractivity contribution is -0.385. The Hall–Kier alpha value is -7.57. The average Bonchev–Trinajstić information content (AvgIpc) is 3.24. The van der Waals surface area contributed by atoms with Gasteiger partial charge in [0.25, 0.3) is 5.91 Å². The minimum absolute atomic E-state index is 0.0466. The molecule has 0 aliphatic heterocycles. The van der Waals surface area contributed by atoms with E-state index in [4.69, 9.17) is 22.9 Å². The maximum atomic E-state index is 13.8. The number of carboxylic acid groups (broad SMARTS) is 1. The second kappa shape index (κ2) is 27.5. The number of hydrogen-bond donors (Lipinski definition) is 13. The largest absolute Gasteiger partial charge is 0.502 e. The van der Waals surface area contributed by atoms with Crippen LogP contribution in [0.5, 0.6) is 5.75 Å². The van der Waals surface area contributed by atoms with Gasteiger partial charge in [-0.1, -0.05) is 32.0 Å². The van der Waals surface area contributed by atoms with E-state index in [1.807, 2.05) is 13.8 Å².